The van der Waals surface area contributed by atoms with Crippen LogP contribution in [0.2, 0.25) is 0 Å². The molecule has 0 unspecified atom stereocenters. The Morgan fingerprint density at radius 1 is 1.00 bits per heavy atom. The van der Waals surface area contributed by atoms with Gasteiger partial charge < -0.3 is 14.5 Å². The molecule has 0 atom stereocenters. The molecule has 0 spiro atoms. The first-order valence-electron chi connectivity index (χ1n) is 9.67. The minimum Gasteiger partial charge on any atom is -0.461 e. The van der Waals surface area contributed by atoms with Gasteiger partial charge in [0.25, 0.3) is 0 Å². The highest BCUT2D eigenvalue weighted by Crippen LogP contribution is 2.41. The Labute approximate surface area is 178 Å². The summed E-state index contributed by atoms with van der Waals surface area (Å²) in [6, 6.07) is 24.5. The summed E-state index contributed by atoms with van der Waals surface area (Å²) in [6.07, 6.45) is 0. The summed E-state index contributed by atoms with van der Waals surface area (Å²) >= 11 is 0. The summed E-state index contributed by atoms with van der Waals surface area (Å²) in [5, 5.41) is 20.8. The lowest BCUT2D eigenvalue weighted by atomic mass is 9.98. The molecule has 2 heterocycles. The Bertz CT molecular complexity index is 1230. The van der Waals surface area contributed by atoms with Gasteiger partial charge in [0.15, 0.2) is 11.5 Å². The number of nitrogens with one attached hydrogen (secondary N) is 1. The number of furan rings is 1. The highest BCUT2D eigenvalue weighted by molar-refractivity contribution is 5.89. The molecule has 0 amide bonds. The monoisotopic (exact) mass is 410 g/mol. The van der Waals surface area contributed by atoms with Gasteiger partial charge in [-0.25, -0.2) is 4.79 Å². The minimum absolute atomic E-state index is 0.0994. The highest BCUT2D eigenvalue weighted by atomic mass is 16.5. The molecule has 0 radical (unpaired) electrons. The van der Waals surface area contributed by atoms with E-state index in [9.17, 15) is 10.1 Å². The average Bonchev–Trinajstić information content (AvgIpc) is 3.19. The number of hydrogen-bond acceptors (Lipinski definition) is 7. The fourth-order valence-electron chi connectivity index (χ4n) is 3.13. The standard InChI is InChI=1S/C24H18N4O3/c1-2-30-24(29)19-13-14-20(28-27-19)26-23-18(15-25)21(16-9-5-3-6-10-16)22(31-23)17-11-7-4-8-12-17/h3-14H,2H2,1H3,(H,26,28). The molecule has 0 aliphatic rings. The van der Waals surface area contributed by atoms with Crippen molar-refractivity contribution in [2.75, 3.05) is 11.9 Å². The van der Waals surface area contributed by atoms with Crippen molar-refractivity contribution in [1.29, 1.82) is 5.26 Å². The van der Waals surface area contributed by atoms with Gasteiger partial charge in [-0.1, -0.05) is 60.7 Å². The van der Waals surface area contributed by atoms with Crippen LogP contribution in [0, 0.1) is 11.3 Å². The molecule has 2 aromatic carbocycles. The molecule has 0 aliphatic heterocycles. The van der Waals surface area contributed by atoms with Crippen LogP contribution in [0.1, 0.15) is 23.0 Å². The van der Waals surface area contributed by atoms with E-state index in [0.29, 0.717) is 22.7 Å². The van der Waals surface area contributed by atoms with E-state index in [1.165, 1.54) is 6.07 Å². The Balaban J connectivity index is 1.76. The number of esters is 1. The van der Waals surface area contributed by atoms with Crippen LogP contribution in [0.4, 0.5) is 11.7 Å². The first-order valence-corrected chi connectivity index (χ1v) is 9.67. The number of aromatic nitrogens is 2. The lowest BCUT2D eigenvalue weighted by molar-refractivity contribution is 0.0518. The van der Waals surface area contributed by atoms with Crippen LogP contribution >= 0.6 is 0 Å². The number of anilines is 2. The van der Waals surface area contributed by atoms with E-state index in [1.54, 1.807) is 13.0 Å². The average molecular weight is 410 g/mol. The second kappa shape index (κ2) is 8.93. The number of ether oxygens (including phenoxy) is 1. The van der Waals surface area contributed by atoms with E-state index in [4.69, 9.17) is 9.15 Å². The van der Waals surface area contributed by atoms with Crippen molar-refractivity contribution in [3.63, 3.8) is 0 Å². The van der Waals surface area contributed by atoms with Crippen molar-refractivity contribution >= 4 is 17.7 Å². The fourth-order valence-corrected chi connectivity index (χ4v) is 3.13. The quantitative estimate of drug-likeness (QED) is 0.436. The molecule has 0 bridgehead atoms. The van der Waals surface area contributed by atoms with Gasteiger partial charge in [0.05, 0.1) is 6.61 Å². The largest absolute Gasteiger partial charge is 0.461 e. The highest BCUT2D eigenvalue weighted by Gasteiger charge is 2.23. The Hall–Kier alpha value is -4.44. The van der Waals surface area contributed by atoms with Crippen LogP contribution in [-0.2, 0) is 4.74 Å². The van der Waals surface area contributed by atoms with Crippen LogP contribution in [0.5, 0.6) is 0 Å². The molecule has 4 rings (SSSR count). The normalized spacial score (nSPS) is 10.3. The van der Waals surface area contributed by atoms with Crippen molar-refractivity contribution in [2.45, 2.75) is 6.92 Å². The van der Waals surface area contributed by atoms with Crippen LogP contribution < -0.4 is 5.32 Å². The van der Waals surface area contributed by atoms with Gasteiger partial charge in [-0.15, -0.1) is 10.2 Å². The third-order valence-corrected chi connectivity index (χ3v) is 4.51. The van der Waals surface area contributed by atoms with Gasteiger partial charge in [-0.2, -0.15) is 5.26 Å². The molecular weight excluding hydrogens is 392 g/mol. The van der Waals surface area contributed by atoms with E-state index in [-0.39, 0.29) is 18.2 Å². The van der Waals surface area contributed by atoms with Crippen LogP contribution in [0.15, 0.2) is 77.2 Å². The first-order chi connectivity index (χ1) is 15.2. The van der Waals surface area contributed by atoms with Crippen molar-refractivity contribution in [1.82, 2.24) is 10.2 Å². The maximum atomic E-state index is 11.8. The van der Waals surface area contributed by atoms with Crippen molar-refractivity contribution in [2.24, 2.45) is 0 Å². The molecule has 152 valence electrons. The number of carbonyl (C=O) groups is 1. The lowest BCUT2D eigenvalue weighted by Gasteiger charge is -2.03. The van der Waals surface area contributed by atoms with Gasteiger partial charge >= 0.3 is 5.97 Å². The molecule has 4 aromatic rings. The fraction of sp³-hybridized carbons (Fsp3) is 0.0833. The van der Waals surface area contributed by atoms with Crippen molar-refractivity contribution in [3.05, 3.63) is 84.1 Å². The summed E-state index contributed by atoms with van der Waals surface area (Å²) in [7, 11) is 0. The second-order valence-corrected chi connectivity index (χ2v) is 6.50. The number of benzene rings is 2. The van der Waals surface area contributed by atoms with Crippen molar-refractivity contribution < 1.29 is 13.9 Å². The number of rotatable bonds is 6. The summed E-state index contributed by atoms with van der Waals surface area (Å²) in [5.41, 5.74) is 2.84. The number of hydrogen-bond donors (Lipinski definition) is 1. The summed E-state index contributed by atoms with van der Waals surface area (Å²) in [5.74, 6) is 0.604. The van der Waals surface area contributed by atoms with Crippen LogP contribution in [-0.4, -0.2) is 22.8 Å². The zero-order valence-electron chi connectivity index (χ0n) is 16.7. The first kappa shape index (κ1) is 19.9. The van der Waals surface area contributed by atoms with Gasteiger partial charge in [-0.05, 0) is 24.6 Å². The summed E-state index contributed by atoms with van der Waals surface area (Å²) < 4.78 is 11.0. The van der Waals surface area contributed by atoms with Gasteiger partial charge in [-0.3, -0.25) is 0 Å². The van der Waals surface area contributed by atoms with E-state index in [1.807, 2.05) is 60.7 Å². The Morgan fingerprint density at radius 2 is 1.68 bits per heavy atom. The van der Waals surface area contributed by atoms with Gasteiger partial charge in [0.2, 0.25) is 5.88 Å². The molecule has 7 heteroatoms. The number of nitriles is 1. The Kier molecular flexibility index (Phi) is 5.72. The molecule has 0 aliphatic carbocycles. The molecule has 0 fully saturated rings. The smallest absolute Gasteiger partial charge is 0.358 e. The molecule has 31 heavy (non-hydrogen) atoms. The predicted molar refractivity (Wildman–Crippen MR) is 116 cm³/mol. The molecule has 1 N–H and O–H groups in total. The number of carbonyl (C=O) groups excluding carboxylic acids is 1. The molecule has 0 saturated carbocycles. The molecule has 0 saturated heterocycles. The van der Waals surface area contributed by atoms with Gasteiger partial charge in [0, 0.05) is 11.1 Å². The Morgan fingerprint density at radius 3 is 2.26 bits per heavy atom. The molecule has 2 aromatic heterocycles. The third kappa shape index (κ3) is 4.14. The van der Waals surface area contributed by atoms with Crippen LogP contribution in [0.3, 0.4) is 0 Å². The van der Waals surface area contributed by atoms with E-state index < -0.39 is 5.97 Å². The predicted octanol–water partition coefficient (Wildman–Crippen LogP) is 5.20. The van der Waals surface area contributed by atoms with Crippen LogP contribution in [0.25, 0.3) is 22.5 Å². The summed E-state index contributed by atoms with van der Waals surface area (Å²) in [6.45, 7) is 1.97. The minimum atomic E-state index is -0.546. The zero-order chi connectivity index (χ0) is 21.6. The van der Waals surface area contributed by atoms with E-state index >= 15 is 0 Å². The van der Waals surface area contributed by atoms with E-state index in [2.05, 4.69) is 21.6 Å². The maximum Gasteiger partial charge on any atom is 0.358 e. The zero-order valence-corrected chi connectivity index (χ0v) is 16.7. The maximum absolute atomic E-state index is 11.8. The van der Waals surface area contributed by atoms with E-state index in [0.717, 1.165) is 11.1 Å². The second-order valence-electron chi connectivity index (χ2n) is 6.50. The molecular formula is C24H18N4O3. The lowest BCUT2D eigenvalue weighted by Crippen LogP contribution is -2.08. The summed E-state index contributed by atoms with van der Waals surface area (Å²) in [4.78, 5) is 11.8. The van der Waals surface area contributed by atoms with Gasteiger partial charge in [0.1, 0.15) is 17.4 Å². The molecule has 7 nitrogen and oxygen atoms in total. The topological polar surface area (TPSA) is 101 Å². The van der Waals surface area contributed by atoms with Crippen molar-refractivity contribution in [3.8, 4) is 28.5 Å². The number of nitrogens with zero attached hydrogens (tertiary/aromatic N) is 3. The third-order valence-electron chi connectivity index (χ3n) is 4.51. The SMILES string of the molecule is CCOC(=O)c1ccc(Nc2oc(-c3ccccc3)c(-c3ccccc3)c2C#N)nn1.